The Hall–Kier alpha value is -1.22. The van der Waals surface area contributed by atoms with Gasteiger partial charge in [0, 0.05) is 6.04 Å². The number of benzene rings is 1. The lowest BCUT2D eigenvalue weighted by Crippen LogP contribution is -2.42. The first kappa shape index (κ1) is 14.8. The van der Waals surface area contributed by atoms with Crippen LogP contribution in [0.4, 0.5) is 0 Å². The van der Waals surface area contributed by atoms with E-state index in [4.69, 9.17) is 9.47 Å². The van der Waals surface area contributed by atoms with Crippen molar-refractivity contribution in [2.45, 2.75) is 33.7 Å². The summed E-state index contributed by atoms with van der Waals surface area (Å²) in [7, 11) is 1.97. The van der Waals surface area contributed by atoms with Crippen LogP contribution in [0.3, 0.4) is 0 Å². The lowest BCUT2D eigenvalue weighted by molar-refractivity contribution is 0.175. The van der Waals surface area contributed by atoms with E-state index in [1.165, 1.54) is 0 Å². The van der Waals surface area contributed by atoms with Gasteiger partial charge in [-0.2, -0.15) is 0 Å². The third-order valence-electron chi connectivity index (χ3n) is 2.95. The van der Waals surface area contributed by atoms with Crippen LogP contribution in [0.2, 0.25) is 0 Å². The average Bonchev–Trinajstić information content (AvgIpc) is 2.30. The van der Waals surface area contributed by atoms with Crippen molar-refractivity contribution in [2.24, 2.45) is 5.41 Å². The fraction of sp³-hybridized carbons (Fsp3) is 0.600. The standard InChI is InChI=1S/C15H25NO2/c1-6-17-12-9-7-8-10-13(12)18-11-14(16-5)15(2,3)4/h7-10,14,16H,6,11H2,1-5H3. The zero-order valence-corrected chi connectivity index (χ0v) is 12.1. The first-order valence-electron chi connectivity index (χ1n) is 6.51. The number of para-hydroxylation sites is 2. The zero-order valence-electron chi connectivity index (χ0n) is 12.1. The van der Waals surface area contributed by atoms with Gasteiger partial charge in [0.25, 0.3) is 0 Å². The van der Waals surface area contributed by atoms with Crippen LogP contribution in [0.15, 0.2) is 24.3 Å². The maximum atomic E-state index is 5.88. The lowest BCUT2D eigenvalue weighted by Gasteiger charge is -2.30. The molecule has 0 aliphatic rings. The zero-order chi connectivity index (χ0) is 13.6. The Morgan fingerprint density at radius 1 is 1.11 bits per heavy atom. The SMILES string of the molecule is CCOc1ccccc1OCC(NC)C(C)(C)C. The van der Waals surface area contributed by atoms with E-state index in [0.717, 1.165) is 11.5 Å². The van der Waals surface area contributed by atoms with Crippen molar-refractivity contribution in [1.29, 1.82) is 0 Å². The highest BCUT2D eigenvalue weighted by atomic mass is 16.5. The molecule has 0 amide bonds. The van der Waals surface area contributed by atoms with Gasteiger partial charge in [-0.05, 0) is 31.5 Å². The van der Waals surface area contributed by atoms with Crippen molar-refractivity contribution < 1.29 is 9.47 Å². The summed E-state index contributed by atoms with van der Waals surface area (Å²) in [4.78, 5) is 0. The molecule has 0 saturated carbocycles. The predicted molar refractivity (Wildman–Crippen MR) is 75.4 cm³/mol. The summed E-state index contributed by atoms with van der Waals surface area (Å²) in [5, 5.41) is 3.30. The van der Waals surface area contributed by atoms with E-state index in [1.807, 2.05) is 38.2 Å². The molecule has 1 aromatic rings. The summed E-state index contributed by atoms with van der Waals surface area (Å²) >= 11 is 0. The summed E-state index contributed by atoms with van der Waals surface area (Å²) in [5.74, 6) is 1.62. The summed E-state index contributed by atoms with van der Waals surface area (Å²) in [6, 6.07) is 8.10. The molecule has 0 aliphatic heterocycles. The van der Waals surface area contributed by atoms with Gasteiger partial charge < -0.3 is 14.8 Å². The fourth-order valence-corrected chi connectivity index (χ4v) is 1.78. The molecule has 0 bridgehead atoms. The molecule has 102 valence electrons. The van der Waals surface area contributed by atoms with Gasteiger partial charge in [-0.15, -0.1) is 0 Å². The number of hydrogen-bond donors (Lipinski definition) is 1. The minimum Gasteiger partial charge on any atom is -0.490 e. The molecule has 3 nitrogen and oxygen atoms in total. The minimum atomic E-state index is 0.162. The summed E-state index contributed by atoms with van der Waals surface area (Å²) in [6.07, 6.45) is 0. The predicted octanol–water partition coefficient (Wildman–Crippen LogP) is 3.10. The Kier molecular flexibility index (Phi) is 5.48. The van der Waals surface area contributed by atoms with E-state index >= 15 is 0 Å². The van der Waals surface area contributed by atoms with E-state index in [0.29, 0.717) is 19.3 Å². The van der Waals surface area contributed by atoms with Gasteiger partial charge in [-0.3, -0.25) is 0 Å². The second-order valence-corrected chi connectivity index (χ2v) is 5.40. The largest absolute Gasteiger partial charge is 0.490 e. The van der Waals surface area contributed by atoms with Crippen molar-refractivity contribution in [2.75, 3.05) is 20.3 Å². The second kappa shape index (κ2) is 6.64. The second-order valence-electron chi connectivity index (χ2n) is 5.40. The molecule has 1 N–H and O–H groups in total. The van der Waals surface area contributed by atoms with Crippen molar-refractivity contribution in [3.05, 3.63) is 24.3 Å². The van der Waals surface area contributed by atoms with Crippen LogP contribution in [-0.4, -0.2) is 26.3 Å². The van der Waals surface area contributed by atoms with Crippen LogP contribution < -0.4 is 14.8 Å². The van der Waals surface area contributed by atoms with Gasteiger partial charge in [0.2, 0.25) is 0 Å². The lowest BCUT2D eigenvalue weighted by atomic mass is 9.87. The molecule has 0 heterocycles. The Morgan fingerprint density at radius 2 is 1.67 bits per heavy atom. The fourth-order valence-electron chi connectivity index (χ4n) is 1.78. The Morgan fingerprint density at radius 3 is 2.11 bits per heavy atom. The number of likely N-dealkylation sites (N-methyl/N-ethyl adjacent to an activating group) is 1. The van der Waals surface area contributed by atoms with Crippen molar-refractivity contribution >= 4 is 0 Å². The monoisotopic (exact) mass is 251 g/mol. The molecule has 0 saturated heterocycles. The normalized spacial score (nSPS) is 13.2. The molecule has 0 radical (unpaired) electrons. The van der Waals surface area contributed by atoms with Crippen LogP contribution in [-0.2, 0) is 0 Å². The van der Waals surface area contributed by atoms with Gasteiger partial charge in [0.05, 0.1) is 6.61 Å². The number of nitrogens with one attached hydrogen (secondary N) is 1. The molecule has 1 unspecified atom stereocenters. The van der Waals surface area contributed by atoms with Crippen LogP contribution in [0.25, 0.3) is 0 Å². The summed E-state index contributed by atoms with van der Waals surface area (Å²) < 4.78 is 11.4. The molecule has 1 atom stereocenters. The quantitative estimate of drug-likeness (QED) is 0.842. The molecular formula is C15H25NO2. The van der Waals surface area contributed by atoms with Crippen LogP contribution in [0.5, 0.6) is 11.5 Å². The van der Waals surface area contributed by atoms with Crippen molar-refractivity contribution in [3.63, 3.8) is 0 Å². The van der Waals surface area contributed by atoms with Crippen molar-refractivity contribution in [1.82, 2.24) is 5.32 Å². The first-order valence-corrected chi connectivity index (χ1v) is 6.51. The van der Waals surface area contributed by atoms with Gasteiger partial charge in [0.1, 0.15) is 6.61 Å². The molecule has 1 aromatic carbocycles. The van der Waals surface area contributed by atoms with Gasteiger partial charge in [-0.1, -0.05) is 32.9 Å². The Balaban J connectivity index is 2.67. The molecule has 18 heavy (non-hydrogen) atoms. The topological polar surface area (TPSA) is 30.5 Å². The minimum absolute atomic E-state index is 0.162. The molecule has 0 aromatic heterocycles. The highest BCUT2D eigenvalue weighted by molar-refractivity contribution is 5.39. The molecule has 0 fully saturated rings. The van der Waals surface area contributed by atoms with E-state index in [9.17, 15) is 0 Å². The van der Waals surface area contributed by atoms with E-state index in [2.05, 4.69) is 26.1 Å². The Labute approximate surface area is 110 Å². The van der Waals surface area contributed by atoms with Gasteiger partial charge in [0.15, 0.2) is 11.5 Å². The maximum Gasteiger partial charge on any atom is 0.161 e. The molecule has 3 heteroatoms. The smallest absolute Gasteiger partial charge is 0.161 e. The maximum absolute atomic E-state index is 5.88. The third kappa shape index (κ3) is 4.22. The van der Waals surface area contributed by atoms with Crippen LogP contribution in [0, 0.1) is 5.41 Å². The number of ether oxygens (including phenoxy) is 2. The first-order chi connectivity index (χ1) is 8.49. The average molecular weight is 251 g/mol. The highest BCUT2D eigenvalue weighted by Crippen LogP contribution is 2.27. The highest BCUT2D eigenvalue weighted by Gasteiger charge is 2.23. The van der Waals surface area contributed by atoms with E-state index in [-0.39, 0.29) is 5.41 Å². The number of rotatable bonds is 6. The summed E-state index contributed by atoms with van der Waals surface area (Å²) in [5.41, 5.74) is 0.162. The third-order valence-corrected chi connectivity index (χ3v) is 2.95. The molecule has 0 spiro atoms. The van der Waals surface area contributed by atoms with Gasteiger partial charge in [-0.25, -0.2) is 0 Å². The molecule has 0 aliphatic carbocycles. The van der Waals surface area contributed by atoms with Crippen LogP contribution >= 0.6 is 0 Å². The number of hydrogen-bond acceptors (Lipinski definition) is 3. The van der Waals surface area contributed by atoms with Crippen molar-refractivity contribution in [3.8, 4) is 11.5 Å². The molecular weight excluding hydrogens is 226 g/mol. The van der Waals surface area contributed by atoms with Crippen LogP contribution in [0.1, 0.15) is 27.7 Å². The van der Waals surface area contributed by atoms with E-state index in [1.54, 1.807) is 0 Å². The summed E-state index contributed by atoms with van der Waals surface area (Å²) in [6.45, 7) is 9.85. The molecule has 1 rings (SSSR count). The van der Waals surface area contributed by atoms with E-state index < -0.39 is 0 Å². The van der Waals surface area contributed by atoms with Gasteiger partial charge >= 0.3 is 0 Å². The Bertz CT molecular complexity index is 358.